The normalized spacial score (nSPS) is 17.8. The summed E-state index contributed by atoms with van der Waals surface area (Å²) in [5.74, 6) is -1.94. The zero-order valence-corrected chi connectivity index (χ0v) is 17.1. The van der Waals surface area contributed by atoms with E-state index in [-0.39, 0.29) is 23.4 Å². The van der Waals surface area contributed by atoms with Crippen LogP contribution in [0.5, 0.6) is 0 Å². The van der Waals surface area contributed by atoms with E-state index in [1.54, 1.807) is 0 Å². The van der Waals surface area contributed by atoms with Crippen molar-refractivity contribution in [3.05, 3.63) is 64.7 Å². The van der Waals surface area contributed by atoms with E-state index >= 15 is 0 Å². The van der Waals surface area contributed by atoms with Crippen molar-refractivity contribution in [2.75, 3.05) is 6.54 Å². The molecule has 9 heteroatoms. The predicted molar refractivity (Wildman–Crippen MR) is 106 cm³/mol. The number of nitrogens with one attached hydrogen (secondary N) is 1. The van der Waals surface area contributed by atoms with Crippen molar-refractivity contribution in [3.63, 3.8) is 0 Å². The zero-order chi connectivity index (χ0) is 21.0. The van der Waals surface area contributed by atoms with E-state index in [2.05, 4.69) is 5.32 Å². The van der Waals surface area contributed by atoms with Gasteiger partial charge in [0.15, 0.2) is 0 Å². The Labute approximate surface area is 173 Å². The van der Waals surface area contributed by atoms with Gasteiger partial charge in [0, 0.05) is 36.1 Å². The van der Waals surface area contributed by atoms with E-state index in [1.807, 2.05) is 0 Å². The largest absolute Gasteiger partial charge is 0.352 e. The number of benzene rings is 2. The lowest BCUT2D eigenvalue weighted by Crippen LogP contribution is -2.45. The molecule has 3 rings (SSSR count). The van der Waals surface area contributed by atoms with E-state index in [9.17, 15) is 22.0 Å². The maximum atomic E-state index is 13.7. The first kappa shape index (κ1) is 21.7. The number of carbonyl (C=O) groups excluding carboxylic acids is 1. The van der Waals surface area contributed by atoms with Gasteiger partial charge in [-0.05, 0) is 49.2 Å². The molecule has 0 saturated carbocycles. The van der Waals surface area contributed by atoms with Crippen LogP contribution in [0.15, 0.2) is 47.4 Å². The summed E-state index contributed by atoms with van der Waals surface area (Å²) < 4.78 is 54.8. The van der Waals surface area contributed by atoms with Gasteiger partial charge in [-0.1, -0.05) is 24.1 Å². The number of nitrogens with zero attached hydrogens (tertiary/aromatic N) is 1. The highest BCUT2D eigenvalue weighted by Crippen LogP contribution is 2.28. The van der Waals surface area contributed by atoms with Crippen molar-refractivity contribution >= 4 is 27.5 Å². The van der Waals surface area contributed by atoms with Crippen LogP contribution >= 0.6 is 11.6 Å². The minimum Gasteiger partial charge on any atom is -0.352 e. The fraction of sp³-hybridized carbons (Fsp3) is 0.350. The van der Waals surface area contributed by atoms with Crippen LogP contribution in [0.4, 0.5) is 8.78 Å². The van der Waals surface area contributed by atoms with Gasteiger partial charge in [0.1, 0.15) is 11.6 Å². The average molecular weight is 443 g/mol. The lowest BCUT2D eigenvalue weighted by atomic mass is 10.0. The average Bonchev–Trinajstić information content (AvgIpc) is 2.68. The maximum absolute atomic E-state index is 13.7. The molecule has 1 fully saturated rings. The van der Waals surface area contributed by atoms with Crippen LogP contribution in [-0.2, 0) is 21.4 Å². The van der Waals surface area contributed by atoms with Crippen LogP contribution in [0.1, 0.15) is 31.2 Å². The molecular weight excluding hydrogens is 422 g/mol. The third kappa shape index (κ3) is 5.12. The maximum Gasteiger partial charge on any atom is 0.243 e. The number of sulfonamides is 1. The van der Waals surface area contributed by atoms with E-state index in [4.69, 9.17) is 11.6 Å². The molecule has 2 aromatic rings. The SMILES string of the molecule is O=C(C[C@H]1CCCCN1S(=O)(=O)c1ccc(Cl)cc1)NCc1c(F)cccc1F. The Bertz CT molecular complexity index is 963. The highest BCUT2D eigenvalue weighted by Gasteiger charge is 2.34. The zero-order valence-electron chi connectivity index (χ0n) is 15.6. The molecule has 0 unspecified atom stereocenters. The number of carbonyl (C=O) groups is 1. The molecule has 1 saturated heterocycles. The first-order valence-corrected chi connectivity index (χ1v) is 11.1. The minimum atomic E-state index is -3.78. The molecule has 1 aliphatic rings. The van der Waals surface area contributed by atoms with E-state index in [1.165, 1.54) is 34.6 Å². The Hall–Kier alpha value is -2.03. The van der Waals surface area contributed by atoms with Crippen molar-refractivity contribution in [3.8, 4) is 0 Å². The molecule has 0 aromatic heterocycles. The van der Waals surface area contributed by atoms with Crippen molar-refractivity contribution in [2.45, 2.75) is 43.2 Å². The molecule has 5 nitrogen and oxygen atoms in total. The van der Waals surface area contributed by atoms with Gasteiger partial charge in [-0.3, -0.25) is 4.79 Å². The molecule has 1 N–H and O–H groups in total. The van der Waals surface area contributed by atoms with Gasteiger partial charge in [-0.15, -0.1) is 0 Å². The predicted octanol–water partition coefficient (Wildman–Crippen LogP) is 3.87. The fourth-order valence-electron chi connectivity index (χ4n) is 3.41. The topological polar surface area (TPSA) is 66.5 Å². The number of halogens is 3. The summed E-state index contributed by atoms with van der Waals surface area (Å²) in [6, 6.07) is 8.84. The molecule has 2 aromatic carbocycles. The summed E-state index contributed by atoms with van der Waals surface area (Å²) in [4.78, 5) is 12.5. The van der Waals surface area contributed by atoms with Gasteiger partial charge in [-0.2, -0.15) is 4.31 Å². The van der Waals surface area contributed by atoms with E-state index < -0.39 is 33.6 Å². The van der Waals surface area contributed by atoms with Gasteiger partial charge >= 0.3 is 0 Å². The molecule has 156 valence electrons. The Kier molecular flexibility index (Phi) is 6.87. The molecule has 29 heavy (non-hydrogen) atoms. The van der Waals surface area contributed by atoms with Crippen molar-refractivity contribution in [1.82, 2.24) is 9.62 Å². The standard InChI is InChI=1S/C20H21ClF2N2O3S/c21-14-7-9-16(10-8-14)29(27,28)25-11-2-1-4-15(25)12-20(26)24-13-17-18(22)5-3-6-19(17)23/h3,5-10,15H,1-2,4,11-13H2,(H,24,26)/t15-/m1/s1. The smallest absolute Gasteiger partial charge is 0.243 e. The highest BCUT2D eigenvalue weighted by molar-refractivity contribution is 7.89. The third-order valence-corrected chi connectivity index (χ3v) is 7.16. The van der Waals surface area contributed by atoms with Gasteiger partial charge < -0.3 is 5.32 Å². The first-order chi connectivity index (χ1) is 13.8. The highest BCUT2D eigenvalue weighted by atomic mass is 35.5. The molecule has 0 spiro atoms. The monoisotopic (exact) mass is 442 g/mol. The van der Waals surface area contributed by atoms with Crippen molar-refractivity contribution < 1.29 is 22.0 Å². The summed E-state index contributed by atoms with van der Waals surface area (Å²) in [6.07, 6.45) is 1.95. The van der Waals surface area contributed by atoms with Gasteiger partial charge in [0.05, 0.1) is 4.90 Å². The number of hydrogen-bond acceptors (Lipinski definition) is 3. The fourth-order valence-corrected chi connectivity index (χ4v) is 5.23. The first-order valence-electron chi connectivity index (χ1n) is 9.26. The summed E-state index contributed by atoms with van der Waals surface area (Å²) in [6.45, 7) is 0.0127. The van der Waals surface area contributed by atoms with E-state index in [0.717, 1.165) is 18.6 Å². The van der Waals surface area contributed by atoms with E-state index in [0.29, 0.717) is 24.4 Å². The van der Waals surface area contributed by atoms with Gasteiger partial charge in [0.2, 0.25) is 15.9 Å². The van der Waals surface area contributed by atoms with Crippen molar-refractivity contribution in [2.24, 2.45) is 0 Å². The molecule has 1 amide bonds. The summed E-state index contributed by atoms with van der Waals surface area (Å²) in [5, 5.41) is 2.92. The second-order valence-corrected chi connectivity index (χ2v) is 9.23. The second kappa shape index (κ2) is 9.19. The molecule has 1 atom stereocenters. The van der Waals surface area contributed by atoms with Crippen LogP contribution in [0, 0.1) is 11.6 Å². The Morgan fingerprint density at radius 2 is 1.76 bits per heavy atom. The number of piperidine rings is 1. The Morgan fingerprint density at radius 1 is 1.10 bits per heavy atom. The molecule has 1 aliphatic heterocycles. The van der Waals surface area contributed by atoms with Crippen molar-refractivity contribution in [1.29, 1.82) is 0 Å². The molecular formula is C20H21ClF2N2O3S. The molecule has 0 bridgehead atoms. The van der Waals surface area contributed by atoms with Crippen LogP contribution in [-0.4, -0.2) is 31.2 Å². The van der Waals surface area contributed by atoms with Gasteiger partial charge in [0.25, 0.3) is 0 Å². The van der Waals surface area contributed by atoms with Gasteiger partial charge in [-0.25, -0.2) is 17.2 Å². The lowest BCUT2D eigenvalue weighted by Gasteiger charge is -2.34. The third-order valence-electron chi connectivity index (χ3n) is 4.94. The molecule has 0 aliphatic carbocycles. The quantitative estimate of drug-likeness (QED) is 0.738. The summed E-state index contributed by atoms with van der Waals surface area (Å²) in [5.41, 5.74) is -0.227. The summed E-state index contributed by atoms with van der Waals surface area (Å²) in [7, 11) is -3.78. The van der Waals surface area contributed by atoms with Crippen LogP contribution in [0.2, 0.25) is 5.02 Å². The Balaban J connectivity index is 1.69. The summed E-state index contributed by atoms with van der Waals surface area (Å²) >= 11 is 5.84. The second-order valence-electron chi connectivity index (χ2n) is 6.90. The van der Waals surface area contributed by atoms with Crippen LogP contribution in [0.25, 0.3) is 0 Å². The number of hydrogen-bond donors (Lipinski definition) is 1. The van der Waals surface area contributed by atoms with Crippen LogP contribution in [0.3, 0.4) is 0 Å². The van der Waals surface area contributed by atoms with Crippen LogP contribution < -0.4 is 5.32 Å². The Morgan fingerprint density at radius 3 is 2.41 bits per heavy atom. The number of rotatable bonds is 6. The lowest BCUT2D eigenvalue weighted by molar-refractivity contribution is -0.122. The number of amides is 1. The molecule has 1 heterocycles. The molecule has 0 radical (unpaired) electrons. The minimum absolute atomic E-state index is 0.0805.